The molecule has 0 aliphatic carbocycles. The monoisotopic (exact) mass is 314 g/mol. The molecule has 10 heteroatoms. The summed E-state index contributed by atoms with van der Waals surface area (Å²) in [6, 6.07) is -2.13. The molecule has 0 aromatic carbocycles. The quantitative estimate of drug-likeness (QED) is 0.333. The van der Waals surface area contributed by atoms with Gasteiger partial charge in [0.15, 0.2) is 0 Å². The van der Waals surface area contributed by atoms with Crippen molar-refractivity contribution in [3.8, 4) is 0 Å². The summed E-state index contributed by atoms with van der Waals surface area (Å²) in [7, 11) is 0. The van der Waals surface area contributed by atoms with E-state index in [2.05, 4.69) is 15.9 Å². The summed E-state index contributed by atoms with van der Waals surface area (Å²) in [6.45, 7) is 1.41. The van der Waals surface area contributed by atoms with Crippen LogP contribution in [-0.4, -0.2) is 59.0 Å². The molecule has 2 unspecified atom stereocenters. The fourth-order valence-corrected chi connectivity index (χ4v) is 1.41. The molecule has 110 valence electrons. The molecule has 19 heavy (non-hydrogen) atoms. The average molecular weight is 315 g/mol. The predicted molar refractivity (Wildman–Crippen MR) is 71.0 cm³/mol. The summed E-state index contributed by atoms with van der Waals surface area (Å²) in [5.74, 6) is -0.405. The Morgan fingerprint density at radius 1 is 1.37 bits per heavy atom. The van der Waals surface area contributed by atoms with Gasteiger partial charge in [0.1, 0.15) is 6.04 Å². The first kappa shape index (κ1) is 17.9. The van der Waals surface area contributed by atoms with Gasteiger partial charge in [0, 0.05) is 18.3 Å². The number of aliphatic hydroxyl groups excluding tert-OH is 1. The van der Waals surface area contributed by atoms with Crippen LogP contribution in [0.4, 0.5) is 4.79 Å². The van der Waals surface area contributed by atoms with E-state index in [1.807, 2.05) is 0 Å². The molecule has 0 aliphatic heterocycles. The molecule has 0 saturated carbocycles. The van der Waals surface area contributed by atoms with E-state index in [4.69, 9.17) is 23.2 Å². The zero-order valence-corrected chi connectivity index (χ0v) is 11.8. The van der Waals surface area contributed by atoms with E-state index in [1.165, 1.54) is 6.92 Å². The van der Waals surface area contributed by atoms with Crippen LogP contribution in [0.1, 0.15) is 6.92 Å². The van der Waals surface area contributed by atoms with Crippen molar-refractivity contribution >= 4 is 35.1 Å². The largest absolute Gasteiger partial charge is 0.391 e. The maximum Gasteiger partial charge on any atom is 0.341 e. The van der Waals surface area contributed by atoms with Crippen molar-refractivity contribution in [1.82, 2.24) is 15.6 Å². The molecule has 0 aliphatic rings. The number of amides is 3. The summed E-state index contributed by atoms with van der Waals surface area (Å²) in [6.07, 6.45) is -1.15. The molecule has 0 heterocycles. The van der Waals surface area contributed by atoms with Crippen molar-refractivity contribution in [2.75, 3.05) is 24.8 Å². The van der Waals surface area contributed by atoms with E-state index in [-0.39, 0.29) is 24.8 Å². The van der Waals surface area contributed by atoms with Crippen LogP contribution < -0.4 is 10.6 Å². The highest BCUT2D eigenvalue weighted by molar-refractivity contribution is 6.18. The third kappa shape index (κ3) is 6.55. The molecule has 0 saturated heterocycles. The second-order valence-corrected chi connectivity index (χ2v) is 4.30. The third-order valence-corrected chi connectivity index (χ3v) is 2.42. The standard InChI is InChI=1S/C9H16Cl2N4O4/c1-6(16)7(8(17)12-4-2-10)13-9(18)15(14-19)5-3-11/h6-7,16H,2-5H2,1H3,(H,12,17)(H,13,18). The van der Waals surface area contributed by atoms with Crippen molar-refractivity contribution in [3.63, 3.8) is 0 Å². The van der Waals surface area contributed by atoms with E-state index in [0.717, 1.165) is 0 Å². The van der Waals surface area contributed by atoms with Crippen LogP contribution in [-0.2, 0) is 4.79 Å². The van der Waals surface area contributed by atoms with Crippen LogP contribution in [0.15, 0.2) is 5.29 Å². The van der Waals surface area contributed by atoms with Crippen molar-refractivity contribution < 1.29 is 14.7 Å². The minimum Gasteiger partial charge on any atom is -0.391 e. The number of hydrogen-bond acceptors (Lipinski definition) is 5. The van der Waals surface area contributed by atoms with Crippen LogP contribution >= 0.6 is 23.2 Å². The van der Waals surface area contributed by atoms with Gasteiger partial charge in [0.25, 0.3) is 0 Å². The molecule has 0 radical (unpaired) electrons. The highest BCUT2D eigenvalue weighted by atomic mass is 35.5. The zero-order chi connectivity index (χ0) is 14.8. The lowest BCUT2D eigenvalue weighted by atomic mass is 10.1. The van der Waals surface area contributed by atoms with Gasteiger partial charge in [-0.3, -0.25) is 4.79 Å². The Morgan fingerprint density at radius 2 is 2.00 bits per heavy atom. The molecule has 3 N–H and O–H groups in total. The summed E-state index contributed by atoms with van der Waals surface area (Å²) >= 11 is 10.8. The van der Waals surface area contributed by atoms with Gasteiger partial charge in [-0.2, -0.15) is 5.01 Å². The summed E-state index contributed by atoms with van der Waals surface area (Å²) in [4.78, 5) is 33.7. The van der Waals surface area contributed by atoms with Gasteiger partial charge >= 0.3 is 6.03 Å². The Bertz CT molecular complexity index is 317. The Balaban J connectivity index is 4.60. The van der Waals surface area contributed by atoms with Gasteiger partial charge in [-0.05, 0) is 6.92 Å². The second kappa shape index (κ2) is 9.76. The smallest absolute Gasteiger partial charge is 0.341 e. The molecule has 0 fully saturated rings. The summed E-state index contributed by atoms with van der Waals surface area (Å²) in [5.41, 5.74) is 0. The number of hydrogen-bond donors (Lipinski definition) is 3. The number of nitrogens with zero attached hydrogens (tertiary/aromatic N) is 2. The number of aliphatic hydroxyl groups is 1. The molecule has 0 bridgehead atoms. The van der Waals surface area contributed by atoms with Gasteiger partial charge in [0.05, 0.1) is 17.9 Å². The van der Waals surface area contributed by atoms with Crippen LogP contribution in [0.25, 0.3) is 0 Å². The van der Waals surface area contributed by atoms with Gasteiger partial charge in [-0.15, -0.1) is 28.1 Å². The third-order valence-electron chi connectivity index (χ3n) is 2.07. The lowest BCUT2D eigenvalue weighted by Crippen LogP contribution is -2.55. The van der Waals surface area contributed by atoms with E-state index < -0.39 is 24.1 Å². The highest BCUT2D eigenvalue weighted by Crippen LogP contribution is 1.98. The lowest BCUT2D eigenvalue weighted by molar-refractivity contribution is -0.125. The maximum absolute atomic E-state index is 11.7. The molecule has 0 rings (SSSR count). The van der Waals surface area contributed by atoms with Crippen LogP contribution in [0.2, 0.25) is 0 Å². The summed E-state index contributed by atoms with van der Waals surface area (Å²) in [5, 5.41) is 17.0. The molecule has 2 atom stereocenters. The minimum atomic E-state index is -1.21. The van der Waals surface area contributed by atoms with E-state index in [0.29, 0.717) is 5.01 Å². The molecule has 0 aromatic heterocycles. The number of nitrogens with one attached hydrogen (secondary N) is 2. The number of carbonyl (C=O) groups excluding carboxylic acids is 2. The van der Waals surface area contributed by atoms with Gasteiger partial charge < -0.3 is 15.7 Å². The Labute approximate surface area is 120 Å². The summed E-state index contributed by atoms with van der Waals surface area (Å²) < 4.78 is 0. The van der Waals surface area contributed by atoms with Gasteiger partial charge in [-0.1, -0.05) is 0 Å². The number of urea groups is 1. The van der Waals surface area contributed by atoms with Gasteiger partial charge in [-0.25, -0.2) is 4.79 Å². The number of carbonyl (C=O) groups is 2. The van der Waals surface area contributed by atoms with E-state index >= 15 is 0 Å². The Kier molecular flexibility index (Phi) is 9.19. The number of halogens is 2. The van der Waals surface area contributed by atoms with Gasteiger partial charge in [0.2, 0.25) is 5.91 Å². The molecule has 3 amide bonds. The number of alkyl halides is 2. The zero-order valence-electron chi connectivity index (χ0n) is 10.3. The maximum atomic E-state index is 11.7. The number of rotatable bonds is 8. The van der Waals surface area contributed by atoms with Crippen LogP contribution in [0, 0.1) is 4.91 Å². The number of nitroso groups, excluding NO2 is 1. The minimum absolute atomic E-state index is 0.0109. The molecule has 0 aromatic rings. The van der Waals surface area contributed by atoms with Crippen LogP contribution in [0.5, 0.6) is 0 Å². The SMILES string of the molecule is CC(O)C(NC(=O)N(CCCl)N=O)C(=O)NCCCl. The lowest BCUT2D eigenvalue weighted by Gasteiger charge is -2.22. The van der Waals surface area contributed by atoms with E-state index in [9.17, 15) is 19.6 Å². The van der Waals surface area contributed by atoms with Crippen molar-refractivity contribution in [2.45, 2.75) is 19.1 Å². The fourth-order valence-electron chi connectivity index (χ4n) is 1.15. The van der Waals surface area contributed by atoms with Crippen molar-refractivity contribution in [1.29, 1.82) is 0 Å². The predicted octanol–water partition coefficient (Wildman–Crippen LogP) is 0.0226. The normalized spacial score (nSPS) is 13.3. The van der Waals surface area contributed by atoms with Crippen molar-refractivity contribution in [3.05, 3.63) is 4.91 Å². The first-order valence-corrected chi connectivity index (χ1v) is 6.53. The van der Waals surface area contributed by atoms with Crippen LogP contribution in [0.3, 0.4) is 0 Å². The average Bonchev–Trinajstić information content (AvgIpc) is 2.38. The first-order valence-electron chi connectivity index (χ1n) is 5.46. The molecular formula is C9H16Cl2N4O4. The topological polar surface area (TPSA) is 111 Å². The Hall–Kier alpha value is -1.12. The highest BCUT2D eigenvalue weighted by Gasteiger charge is 2.27. The molecule has 0 spiro atoms. The van der Waals surface area contributed by atoms with Crippen molar-refractivity contribution in [2.24, 2.45) is 5.29 Å². The molecular weight excluding hydrogens is 299 g/mol. The fraction of sp³-hybridized carbons (Fsp3) is 0.778. The Morgan fingerprint density at radius 3 is 2.42 bits per heavy atom. The molecule has 8 nitrogen and oxygen atoms in total. The van der Waals surface area contributed by atoms with E-state index in [1.54, 1.807) is 0 Å². The first-order chi connectivity index (χ1) is 8.97. The second-order valence-electron chi connectivity index (χ2n) is 3.54.